The molecule has 0 radical (unpaired) electrons. The van der Waals surface area contributed by atoms with E-state index in [1.165, 1.54) is 0 Å². The highest BCUT2D eigenvalue weighted by Crippen LogP contribution is 2.17. The second-order valence-electron chi connectivity index (χ2n) is 5.56. The molecule has 0 aromatic heterocycles. The van der Waals surface area contributed by atoms with Crippen molar-refractivity contribution in [2.45, 2.75) is 33.3 Å². The fourth-order valence-electron chi connectivity index (χ4n) is 1.95. The summed E-state index contributed by atoms with van der Waals surface area (Å²) in [7, 11) is 0. The van der Waals surface area contributed by atoms with Gasteiger partial charge >= 0.3 is 0 Å². The molecule has 1 heterocycles. The number of amides is 1. The van der Waals surface area contributed by atoms with E-state index >= 15 is 0 Å². The van der Waals surface area contributed by atoms with Gasteiger partial charge in [0.05, 0.1) is 19.8 Å². The first-order chi connectivity index (χ1) is 8.50. The highest BCUT2D eigenvalue weighted by Gasteiger charge is 2.30. The number of ether oxygens (including phenoxy) is 2. The molecule has 1 saturated heterocycles. The molecular formula is C13H26N2O3. The Hall–Kier alpha value is -0.650. The zero-order valence-electron chi connectivity index (χ0n) is 11.8. The Labute approximate surface area is 110 Å². The van der Waals surface area contributed by atoms with Gasteiger partial charge in [0.1, 0.15) is 0 Å². The van der Waals surface area contributed by atoms with Crippen molar-refractivity contribution in [3.63, 3.8) is 0 Å². The molecule has 1 aliphatic rings. The van der Waals surface area contributed by atoms with Crippen LogP contribution >= 0.6 is 0 Å². The molecule has 1 amide bonds. The van der Waals surface area contributed by atoms with E-state index in [9.17, 15) is 4.79 Å². The molecule has 1 unspecified atom stereocenters. The number of nitrogens with zero attached hydrogens (tertiary/aromatic N) is 1. The van der Waals surface area contributed by atoms with Crippen molar-refractivity contribution in [2.75, 3.05) is 39.5 Å². The molecule has 5 heteroatoms. The van der Waals surface area contributed by atoms with Crippen LogP contribution in [-0.4, -0.2) is 56.4 Å². The SMILES string of the molecule is CCCN(CC(C)(C)CN)C(=O)C1COCCO1. The van der Waals surface area contributed by atoms with Gasteiger partial charge in [-0.15, -0.1) is 0 Å². The van der Waals surface area contributed by atoms with E-state index in [0.29, 0.717) is 32.9 Å². The van der Waals surface area contributed by atoms with Crippen LogP contribution in [0.3, 0.4) is 0 Å². The highest BCUT2D eigenvalue weighted by atomic mass is 16.6. The van der Waals surface area contributed by atoms with E-state index in [1.54, 1.807) is 0 Å². The fraction of sp³-hybridized carbons (Fsp3) is 0.923. The van der Waals surface area contributed by atoms with Gasteiger partial charge in [-0.3, -0.25) is 4.79 Å². The smallest absolute Gasteiger partial charge is 0.254 e. The molecule has 1 fully saturated rings. The van der Waals surface area contributed by atoms with E-state index in [1.807, 2.05) is 4.90 Å². The molecular weight excluding hydrogens is 232 g/mol. The van der Waals surface area contributed by atoms with Crippen LogP contribution < -0.4 is 5.73 Å². The summed E-state index contributed by atoms with van der Waals surface area (Å²) in [5.41, 5.74) is 5.67. The van der Waals surface area contributed by atoms with Gasteiger partial charge in [-0.25, -0.2) is 0 Å². The Kier molecular flexibility index (Phi) is 6.05. The fourth-order valence-corrected chi connectivity index (χ4v) is 1.95. The summed E-state index contributed by atoms with van der Waals surface area (Å²) >= 11 is 0. The van der Waals surface area contributed by atoms with Crippen LogP contribution in [0, 0.1) is 5.41 Å². The third-order valence-corrected chi connectivity index (χ3v) is 3.07. The quantitative estimate of drug-likeness (QED) is 0.759. The normalized spacial score (nSPS) is 20.8. The first kappa shape index (κ1) is 15.4. The molecule has 0 aliphatic carbocycles. The largest absolute Gasteiger partial charge is 0.376 e. The van der Waals surface area contributed by atoms with Gasteiger partial charge in [0.25, 0.3) is 5.91 Å². The van der Waals surface area contributed by atoms with Crippen LogP contribution in [-0.2, 0) is 14.3 Å². The maximum absolute atomic E-state index is 12.4. The predicted molar refractivity (Wildman–Crippen MR) is 70.3 cm³/mol. The molecule has 0 aromatic carbocycles. The molecule has 1 rings (SSSR count). The summed E-state index contributed by atoms with van der Waals surface area (Å²) < 4.78 is 10.8. The maximum Gasteiger partial charge on any atom is 0.254 e. The summed E-state index contributed by atoms with van der Waals surface area (Å²) in [5.74, 6) is 0.0260. The Morgan fingerprint density at radius 3 is 2.67 bits per heavy atom. The van der Waals surface area contributed by atoms with Crippen molar-refractivity contribution in [1.29, 1.82) is 0 Å². The Bertz CT molecular complexity index is 263. The van der Waals surface area contributed by atoms with E-state index in [2.05, 4.69) is 20.8 Å². The van der Waals surface area contributed by atoms with Gasteiger partial charge in [-0.1, -0.05) is 20.8 Å². The summed E-state index contributed by atoms with van der Waals surface area (Å²) in [5, 5.41) is 0. The number of hydrogen-bond donors (Lipinski definition) is 1. The van der Waals surface area contributed by atoms with Gasteiger partial charge in [0.15, 0.2) is 6.10 Å². The third-order valence-electron chi connectivity index (χ3n) is 3.07. The van der Waals surface area contributed by atoms with Gasteiger partial charge in [0.2, 0.25) is 0 Å². The lowest BCUT2D eigenvalue weighted by molar-refractivity contribution is -0.159. The minimum Gasteiger partial charge on any atom is -0.376 e. The first-order valence-corrected chi connectivity index (χ1v) is 6.68. The van der Waals surface area contributed by atoms with Crippen molar-refractivity contribution < 1.29 is 14.3 Å². The molecule has 1 aliphatic heterocycles. The molecule has 0 bridgehead atoms. The maximum atomic E-state index is 12.4. The lowest BCUT2D eigenvalue weighted by Gasteiger charge is -2.34. The van der Waals surface area contributed by atoms with E-state index in [4.69, 9.17) is 15.2 Å². The highest BCUT2D eigenvalue weighted by molar-refractivity contribution is 5.81. The molecule has 5 nitrogen and oxygen atoms in total. The van der Waals surface area contributed by atoms with Gasteiger partial charge in [0, 0.05) is 13.1 Å². The monoisotopic (exact) mass is 258 g/mol. The Balaban J connectivity index is 2.61. The number of carbonyl (C=O) groups excluding carboxylic acids is 1. The Morgan fingerprint density at radius 2 is 2.17 bits per heavy atom. The minimum atomic E-state index is -0.445. The topological polar surface area (TPSA) is 64.8 Å². The van der Waals surface area contributed by atoms with Crippen molar-refractivity contribution >= 4 is 5.91 Å². The molecule has 0 aromatic rings. The van der Waals surface area contributed by atoms with Crippen molar-refractivity contribution in [1.82, 2.24) is 4.90 Å². The molecule has 0 saturated carbocycles. The summed E-state index contributed by atoms with van der Waals surface area (Å²) in [6.45, 7) is 9.60. The Morgan fingerprint density at radius 1 is 1.44 bits per heavy atom. The van der Waals surface area contributed by atoms with Crippen molar-refractivity contribution in [3.05, 3.63) is 0 Å². The molecule has 1 atom stereocenters. The lowest BCUT2D eigenvalue weighted by atomic mass is 9.93. The standard InChI is InChI=1S/C13H26N2O3/c1-4-5-15(10-13(2,3)9-14)12(16)11-8-17-6-7-18-11/h11H,4-10,14H2,1-3H3. The summed E-state index contributed by atoms with van der Waals surface area (Å²) in [6.07, 6.45) is 0.485. The average Bonchev–Trinajstić information content (AvgIpc) is 2.38. The molecule has 18 heavy (non-hydrogen) atoms. The van der Waals surface area contributed by atoms with Crippen molar-refractivity contribution in [3.8, 4) is 0 Å². The van der Waals surface area contributed by atoms with E-state index < -0.39 is 6.10 Å². The number of hydrogen-bond acceptors (Lipinski definition) is 4. The van der Waals surface area contributed by atoms with Crippen LogP contribution in [0.2, 0.25) is 0 Å². The molecule has 2 N–H and O–H groups in total. The minimum absolute atomic E-state index is 0.0260. The summed E-state index contributed by atoms with van der Waals surface area (Å²) in [6, 6.07) is 0. The number of carbonyl (C=O) groups is 1. The van der Waals surface area contributed by atoms with Gasteiger partial charge in [-0.05, 0) is 18.4 Å². The zero-order valence-corrected chi connectivity index (χ0v) is 11.8. The molecule has 106 valence electrons. The predicted octanol–water partition coefficient (Wildman–Crippen LogP) is 0.625. The summed E-state index contributed by atoms with van der Waals surface area (Å²) in [4.78, 5) is 14.2. The third kappa shape index (κ3) is 4.55. The average molecular weight is 258 g/mol. The van der Waals surface area contributed by atoms with E-state index in [-0.39, 0.29) is 11.3 Å². The van der Waals surface area contributed by atoms with Crippen LogP contribution in [0.25, 0.3) is 0 Å². The van der Waals surface area contributed by atoms with Crippen molar-refractivity contribution in [2.24, 2.45) is 11.1 Å². The van der Waals surface area contributed by atoms with Gasteiger partial charge < -0.3 is 20.1 Å². The lowest BCUT2D eigenvalue weighted by Crippen LogP contribution is -2.49. The van der Waals surface area contributed by atoms with Crippen LogP contribution in [0.1, 0.15) is 27.2 Å². The number of rotatable bonds is 6. The van der Waals surface area contributed by atoms with Crippen LogP contribution in [0.15, 0.2) is 0 Å². The number of nitrogens with two attached hydrogens (primary N) is 1. The van der Waals surface area contributed by atoms with Crippen LogP contribution in [0.4, 0.5) is 0 Å². The first-order valence-electron chi connectivity index (χ1n) is 6.68. The zero-order chi connectivity index (χ0) is 13.6. The second kappa shape index (κ2) is 7.07. The second-order valence-corrected chi connectivity index (χ2v) is 5.56. The molecule has 0 spiro atoms. The van der Waals surface area contributed by atoms with E-state index in [0.717, 1.165) is 13.0 Å². The van der Waals surface area contributed by atoms with Gasteiger partial charge in [-0.2, -0.15) is 0 Å². The van der Waals surface area contributed by atoms with Crippen LogP contribution in [0.5, 0.6) is 0 Å².